The van der Waals surface area contributed by atoms with Crippen LogP contribution in [0.2, 0.25) is 0 Å². The van der Waals surface area contributed by atoms with Crippen LogP contribution in [0.1, 0.15) is 13.8 Å². The smallest absolute Gasteiger partial charge is 0.322 e. The van der Waals surface area contributed by atoms with Gasteiger partial charge in [-0.3, -0.25) is 0 Å². The van der Waals surface area contributed by atoms with Gasteiger partial charge in [0, 0.05) is 23.6 Å². The minimum atomic E-state index is 0.199. The monoisotopic (exact) mass is 255 g/mol. The second kappa shape index (κ2) is 4.95. The molecule has 17 heavy (non-hydrogen) atoms. The third-order valence-corrected chi connectivity index (χ3v) is 3.73. The predicted molar refractivity (Wildman–Crippen MR) is 69.5 cm³/mol. The van der Waals surface area contributed by atoms with Crippen molar-refractivity contribution < 1.29 is 4.74 Å². The predicted octanol–water partition coefficient (Wildman–Crippen LogP) is 0.793. The Hall–Kier alpha value is -1.24. The van der Waals surface area contributed by atoms with Crippen LogP contribution in [0.5, 0.6) is 6.01 Å². The highest BCUT2D eigenvalue weighted by Gasteiger charge is 2.24. The molecule has 0 bridgehead atoms. The number of hydrogen-bond donors (Lipinski definition) is 1. The van der Waals surface area contributed by atoms with Gasteiger partial charge in [-0.2, -0.15) is 26.7 Å². The van der Waals surface area contributed by atoms with Crippen LogP contribution in [-0.2, 0) is 0 Å². The van der Waals surface area contributed by atoms with E-state index in [4.69, 9.17) is 10.5 Å². The fraction of sp³-hybridized carbons (Fsp3) is 0.700. The molecule has 6 nitrogen and oxygen atoms in total. The molecule has 0 radical (unpaired) electrons. The van der Waals surface area contributed by atoms with E-state index < -0.39 is 0 Å². The van der Waals surface area contributed by atoms with Gasteiger partial charge in [-0.1, -0.05) is 13.8 Å². The minimum Gasteiger partial charge on any atom is -0.467 e. The first-order valence-corrected chi connectivity index (χ1v) is 6.48. The number of ether oxygens (including phenoxy) is 1. The Balaban J connectivity index is 2.23. The van der Waals surface area contributed by atoms with E-state index in [2.05, 4.69) is 33.7 Å². The summed E-state index contributed by atoms with van der Waals surface area (Å²) in [5.41, 5.74) is 5.64. The van der Waals surface area contributed by atoms with Gasteiger partial charge in [-0.05, 0) is 0 Å². The number of nitrogen functional groups attached to an aromatic ring is 1. The number of thioether (sulfide) groups is 1. The van der Waals surface area contributed by atoms with E-state index in [0.717, 1.165) is 13.1 Å². The van der Waals surface area contributed by atoms with E-state index >= 15 is 0 Å². The van der Waals surface area contributed by atoms with Crippen molar-refractivity contribution in [2.45, 2.75) is 24.3 Å². The maximum atomic E-state index is 5.64. The summed E-state index contributed by atoms with van der Waals surface area (Å²) in [7, 11) is 1.52. The van der Waals surface area contributed by atoms with Crippen LogP contribution in [0.25, 0.3) is 0 Å². The zero-order valence-electron chi connectivity index (χ0n) is 10.3. The van der Waals surface area contributed by atoms with Gasteiger partial charge < -0.3 is 15.4 Å². The number of hydrogen-bond acceptors (Lipinski definition) is 7. The van der Waals surface area contributed by atoms with Crippen LogP contribution in [0, 0.1) is 0 Å². The Morgan fingerprint density at radius 1 is 1.24 bits per heavy atom. The molecule has 0 amide bonds. The Labute approximate surface area is 105 Å². The maximum absolute atomic E-state index is 5.64. The lowest BCUT2D eigenvalue weighted by molar-refractivity contribution is 0.378. The van der Waals surface area contributed by atoms with Gasteiger partial charge in [0.05, 0.1) is 7.11 Å². The SMILES string of the molecule is COc1nc(N)nc(N2CC(C)SC(C)C2)n1. The Bertz CT molecular complexity index is 392. The number of methoxy groups -OCH3 is 1. The summed E-state index contributed by atoms with van der Waals surface area (Å²) in [5, 5.41) is 1.12. The summed E-state index contributed by atoms with van der Waals surface area (Å²) in [4.78, 5) is 14.4. The van der Waals surface area contributed by atoms with Crippen LogP contribution in [0.4, 0.5) is 11.9 Å². The summed E-state index contributed by atoms with van der Waals surface area (Å²) >= 11 is 1.98. The molecule has 2 atom stereocenters. The van der Waals surface area contributed by atoms with E-state index in [1.54, 1.807) is 0 Å². The highest BCUT2D eigenvalue weighted by Crippen LogP contribution is 2.27. The average molecular weight is 255 g/mol. The summed E-state index contributed by atoms with van der Waals surface area (Å²) in [6, 6.07) is 0.269. The molecule has 1 aliphatic heterocycles. The number of aromatic nitrogens is 3. The normalized spacial score (nSPS) is 24.8. The zero-order valence-corrected chi connectivity index (χ0v) is 11.1. The third kappa shape index (κ3) is 2.91. The number of nitrogens with zero attached hydrogens (tertiary/aromatic N) is 4. The number of nitrogens with two attached hydrogens (primary N) is 1. The lowest BCUT2D eigenvalue weighted by Gasteiger charge is -2.34. The van der Waals surface area contributed by atoms with Crippen LogP contribution in [-0.4, -0.2) is 45.7 Å². The fourth-order valence-electron chi connectivity index (χ4n) is 1.93. The molecule has 2 rings (SSSR count). The maximum Gasteiger partial charge on any atom is 0.322 e. The second-order valence-electron chi connectivity index (χ2n) is 4.14. The van der Waals surface area contributed by atoms with Crippen molar-refractivity contribution >= 4 is 23.7 Å². The van der Waals surface area contributed by atoms with Gasteiger partial charge in [-0.25, -0.2) is 0 Å². The number of anilines is 2. The summed E-state index contributed by atoms with van der Waals surface area (Å²) < 4.78 is 5.01. The van der Waals surface area contributed by atoms with Gasteiger partial charge in [0.2, 0.25) is 11.9 Å². The molecule has 1 saturated heterocycles. The average Bonchev–Trinajstić information content (AvgIpc) is 2.26. The van der Waals surface area contributed by atoms with Gasteiger partial charge in [0.1, 0.15) is 0 Å². The van der Waals surface area contributed by atoms with Gasteiger partial charge in [0.25, 0.3) is 0 Å². The molecule has 1 aromatic rings. The van der Waals surface area contributed by atoms with E-state index in [1.807, 2.05) is 11.8 Å². The molecule has 0 aromatic carbocycles. The van der Waals surface area contributed by atoms with Crippen molar-refractivity contribution in [1.29, 1.82) is 0 Å². The van der Waals surface area contributed by atoms with Crippen LogP contribution in [0.15, 0.2) is 0 Å². The molecular weight excluding hydrogens is 238 g/mol. The zero-order chi connectivity index (χ0) is 12.4. The minimum absolute atomic E-state index is 0.199. The fourth-order valence-corrected chi connectivity index (χ4v) is 3.26. The summed E-state index contributed by atoms with van der Waals surface area (Å²) in [5.74, 6) is 0.804. The van der Waals surface area contributed by atoms with E-state index in [9.17, 15) is 0 Å². The van der Waals surface area contributed by atoms with Gasteiger partial charge >= 0.3 is 6.01 Å². The largest absolute Gasteiger partial charge is 0.467 e. The van der Waals surface area contributed by atoms with Crippen molar-refractivity contribution in [1.82, 2.24) is 15.0 Å². The molecule has 2 heterocycles. The molecular formula is C10H17N5OS. The Kier molecular flexibility index (Phi) is 3.56. The third-order valence-electron chi connectivity index (χ3n) is 2.51. The summed E-state index contributed by atoms with van der Waals surface area (Å²) in [6.45, 7) is 6.24. The Morgan fingerprint density at radius 2 is 1.88 bits per heavy atom. The summed E-state index contributed by atoms with van der Waals surface area (Å²) in [6.07, 6.45) is 0. The van der Waals surface area contributed by atoms with Crippen LogP contribution in [0.3, 0.4) is 0 Å². The molecule has 94 valence electrons. The molecule has 2 N–H and O–H groups in total. The first-order valence-electron chi connectivity index (χ1n) is 5.54. The van der Waals surface area contributed by atoms with Gasteiger partial charge in [-0.15, -0.1) is 0 Å². The molecule has 1 aliphatic rings. The van der Waals surface area contributed by atoms with Gasteiger partial charge in [0.15, 0.2) is 0 Å². The van der Waals surface area contributed by atoms with Crippen molar-refractivity contribution in [3.63, 3.8) is 0 Å². The lowest BCUT2D eigenvalue weighted by atomic mass is 10.3. The van der Waals surface area contributed by atoms with Crippen molar-refractivity contribution in [2.24, 2.45) is 0 Å². The second-order valence-corrected chi connectivity index (χ2v) is 6.02. The highest BCUT2D eigenvalue weighted by atomic mass is 32.2. The van der Waals surface area contributed by atoms with E-state index in [-0.39, 0.29) is 12.0 Å². The Morgan fingerprint density at radius 3 is 2.47 bits per heavy atom. The van der Waals surface area contributed by atoms with E-state index in [0.29, 0.717) is 16.4 Å². The quantitative estimate of drug-likeness (QED) is 0.837. The first kappa shape index (κ1) is 12.2. The van der Waals surface area contributed by atoms with Crippen molar-refractivity contribution in [3.8, 4) is 6.01 Å². The topological polar surface area (TPSA) is 77.2 Å². The standard InChI is InChI=1S/C10H17N5OS/c1-6-4-15(5-7(2)17-6)9-12-8(11)13-10(14-9)16-3/h6-7H,4-5H2,1-3H3,(H2,11,12,13,14). The van der Waals surface area contributed by atoms with Crippen LogP contribution < -0.4 is 15.4 Å². The molecule has 1 aromatic heterocycles. The molecule has 2 unspecified atom stereocenters. The molecule has 1 fully saturated rings. The molecule has 0 aliphatic carbocycles. The molecule has 0 saturated carbocycles. The first-order chi connectivity index (χ1) is 8.08. The van der Waals surface area contributed by atoms with E-state index in [1.165, 1.54) is 7.11 Å². The van der Waals surface area contributed by atoms with Crippen LogP contribution >= 0.6 is 11.8 Å². The van der Waals surface area contributed by atoms with Crippen molar-refractivity contribution in [3.05, 3.63) is 0 Å². The number of rotatable bonds is 2. The van der Waals surface area contributed by atoms with Crippen molar-refractivity contribution in [2.75, 3.05) is 30.8 Å². The highest BCUT2D eigenvalue weighted by molar-refractivity contribution is 8.00. The molecule has 7 heteroatoms. The lowest BCUT2D eigenvalue weighted by Crippen LogP contribution is -2.41. The molecule has 0 spiro atoms.